The third kappa shape index (κ3) is 2.04. The molecule has 1 saturated heterocycles. The lowest BCUT2D eigenvalue weighted by molar-refractivity contribution is 0.0588. The van der Waals surface area contributed by atoms with Gasteiger partial charge in [0.1, 0.15) is 5.69 Å². The highest BCUT2D eigenvalue weighted by Gasteiger charge is 2.47. The Morgan fingerprint density at radius 1 is 1.30 bits per heavy atom. The molecule has 6 heteroatoms. The first-order valence-electron chi connectivity index (χ1n) is 7.21. The number of ether oxygens (including phenoxy) is 1. The van der Waals surface area contributed by atoms with Crippen LogP contribution in [0.5, 0.6) is 0 Å². The lowest BCUT2D eigenvalue weighted by Crippen LogP contribution is -2.17. The van der Waals surface area contributed by atoms with Crippen molar-refractivity contribution in [3.8, 4) is 11.5 Å². The van der Waals surface area contributed by atoms with Crippen LogP contribution in [-0.4, -0.2) is 32.9 Å². The molecule has 106 valence electrons. The van der Waals surface area contributed by atoms with Crippen LogP contribution in [0.4, 0.5) is 0 Å². The second kappa shape index (κ2) is 4.70. The fraction of sp³-hybridized carbons (Fsp3) is 0.643. The summed E-state index contributed by atoms with van der Waals surface area (Å²) in [6.45, 7) is 1.80. The summed E-state index contributed by atoms with van der Waals surface area (Å²) in [5.74, 6) is 3.35. The third-order valence-electron chi connectivity index (χ3n) is 4.52. The maximum Gasteiger partial charge on any atom is 0.230 e. The van der Waals surface area contributed by atoms with Crippen molar-refractivity contribution in [3.05, 3.63) is 18.4 Å². The van der Waals surface area contributed by atoms with Crippen molar-refractivity contribution in [1.82, 2.24) is 19.7 Å². The van der Waals surface area contributed by atoms with Gasteiger partial charge in [-0.1, -0.05) is 5.16 Å². The van der Waals surface area contributed by atoms with E-state index in [1.54, 1.807) is 12.5 Å². The number of aryl methyl sites for hydroxylation is 1. The van der Waals surface area contributed by atoms with Gasteiger partial charge in [-0.2, -0.15) is 4.98 Å². The van der Waals surface area contributed by atoms with Gasteiger partial charge in [0, 0.05) is 26.2 Å². The van der Waals surface area contributed by atoms with Crippen molar-refractivity contribution >= 4 is 0 Å². The van der Waals surface area contributed by atoms with E-state index in [2.05, 4.69) is 15.1 Å². The number of hydrogen-bond donors (Lipinski definition) is 0. The van der Waals surface area contributed by atoms with Gasteiger partial charge in [0.25, 0.3) is 0 Å². The van der Waals surface area contributed by atoms with E-state index in [0.717, 1.165) is 30.7 Å². The Kier molecular flexibility index (Phi) is 2.84. The molecule has 2 atom stereocenters. The van der Waals surface area contributed by atoms with E-state index in [1.807, 2.05) is 11.6 Å². The van der Waals surface area contributed by atoms with E-state index in [1.165, 1.54) is 19.3 Å². The first-order chi connectivity index (χ1) is 9.83. The highest BCUT2D eigenvalue weighted by Crippen LogP contribution is 2.53. The van der Waals surface area contributed by atoms with Crippen molar-refractivity contribution in [2.45, 2.75) is 25.2 Å². The SMILES string of the molecule is Cn1cncc1-c1noc([C@@H]2C[C@H]2C2CCOCC2)n1. The Morgan fingerprint density at radius 2 is 2.15 bits per heavy atom. The maximum atomic E-state index is 5.45. The Hall–Kier alpha value is -1.69. The average molecular weight is 274 g/mol. The second-order valence-corrected chi connectivity index (χ2v) is 5.80. The maximum absolute atomic E-state index is 5.45. The van der Waals surface area contributed by atoms with E-state index >= 15 is 0 Å². The Balaban J connectivity index is 1.48. The first kappa shape index (κ1) is 12.1. The lowest BCUT2D eigenvalue weighted by atomic mass is 9.93. The van der Waals surface area contributed by atoms with Crippen molar-refractivity contribution in [3.63, 3.8) is 0 Å². The van der Waals surface area contributed by atoms with Gasteiger partial charge >= 0.3 is 0 Å². The summed E-state index contributed by atoms with van der Waals surface area (Å²) < 4.78 is 12.8. The number of hydrogen-bond acceptors (Lipinski definition) is 5. The molecule has 0 bridgehead atoms. The van der Waals surface area contributed by atoms with Crippen molar-refractivity contribution in [1.29, 1.82) is 0 Å². The zero-order valence-corrected chi connectivity index (χ0v) is 11.5. The molecule has 0 radical (unpaired) electrons. The van der Waals surface area contributed by atoms with Crippen LogP contribution >= 0.6 is 0 Å². The second-order valence-electron chi connectivity index (χ2n) is 5.80. The predicted molar refractivity (Wildman–Crippen MR) is 70.9 cm³/mol. The van der Waals surface area contributed by atoms with Gasteiger partial charge in [0.15, 0.2) is 0 Å². The highest BCUT2D eigenvalue weighted by molar-refractivity contribution is 5.47. The number of nitrogens with zero attached hydrogens (tertiary/aromatic N) is 4. The predicted octanol–water partition coefficient (Wildman–Crippen LogP) is 2.00. The topological polar surface area (TPSA) is 66.0 Å². The molecule has 0 N–H and O–H groups in total. The zero-order valence-electron chi connectivity index (χ0n) is 11.5. The van der Waals surface area contributed by atoms with Gasteiger partial charge in [-0.3, -0.25) is 0 Å². The molecule has 1 saturated carbocycles. The van der Waals surface area contributed by atoms with Gasteiger partial charge in [0.2, 0.25) is 11.7 Å². The minimum atomic E-state index is 0.451. The smallest absolute Gasteiger partial charge is 0.230 e. The van der Waals surface area contributed by atoms with E-state index < -0.39 is 0 Å². The molecule has 4 rings (SSSR count). The first-order valence-corrected chi connectivity index (χ1v) is 7.21. The molecule has 0 amide bonds. The Morgan fingerprint density at radius 3 is 2.90 bits per heavy atom. The molecule has 0 aromatic carbocycles. The fourth-order valence-corrected chi connectivity index (χ4v) is 3.23. The van der Waals surface area contributed by atoms with Crippen molar-refractivity contribution < 1.29 is 9.26 Å². The number of imidazole rings is 1. The molecule has 1 aliphatic heterocycles. The van der Waals surface area contributed by atoms with E-state index in [-0.39, 0.29) is 0 Å². The molecular weight excluding hydrogens is 256 g/mol. The molecule has 6 nitrogen and oxygen atoms in total. The van der Waals surface area contributed by atoms with Gasteiger partial charge in [-0.05, 0) is 31.1 Å². The summed E-state index contributed by atoms with van der Waals surface area (Å²) in [7, 11) is 1.93. The van der Waals surface area contributed by atoms with E-state index in [4.69, 9.17) is 9.26 Å². The fourth-order valence-electron chi connectivity index (χ4n) is 3.23. The van der Waals surface area contributed by atoms with Crippen LogP contribution in [0, 0.1) is 11.8 Å². The molecular formula is C14H18N4O2. The molecule has 20 heavy (non-hydrogen) atoms. The minimum absolute atomic E-state index is 0.451. The quantitative estimate of drug-likeness (QED) is 0.856. The van der Waals surface area contributed by atoms with E-state index in [0.29, 0.717) is 17.7 Å². The Bertz CT molecular complexity index is 600. The summed E-state index contributed by atoms with van der Waals surface area (Å²) in [5.41, 5.74) is 0.892. The number of rotatable bonds is 3. The van der Waals surface area contributed by atoms with Crippen LogP contribution in [0.15, 0.2) is 17.0 Å². The molecule has 0 spiro atoms. The summed E-state index contributed by atoms with van der Waals surface area (Å²) >= 11 is 0. The molecule has 2 aliphatic rings. The van der Waals surface area contributed by atoms with Gasteiger partial charge in [-0.15, -0.1) is 0 Å². The summed E-state index contributed by atoms with van der Waals surface area (Å²) in [4.78, 5) is 8.63. The minimum Gasteiger partial charge on any atom is -0.381 e. The number of aromatic nitrogens is 4. The van der Waals surface area contributed by atoms with Crippen LogP contribution in [0.2, 0.25) is 0 Å². The van der Waals surface area contributed by atoms with E-state index in [9.17, 15) is 0 Å². The summed E-state index contributed by atoms with van der Waals surface area (Å²) in [5, 5.41) is 4.09. The summed E-state index contributed by atoms with van der Waals surface area (Å²) in [6, 6.07) is 0. The molecule has 1 aliphatic carbocycles. The molecule has 2 fully saturated rings. The van der Waals surface area contributed by atoms with Crippen LogP contribution < -0.4 is 0 Å². The largest absolute Gasteiger partial charge is 0.381 e. The van der Waals surface area contributed by atoms with Crippen molar-refractivity contribution in [2.24, 2.45) is 18.9 Å². The van der Waals surface area contributed by atoms with Gasteiger partial charge in [0.05, 0.1) is 12.5 Å². The van der Waals surface area contributed by atoms with Crippen LogP contribution in [0.1, 0.15) is 31.1 Å². The van der Waals surface area contributed by atoms with Gasteiger partial charge < -0.3 is 13.8 Å². The monoisotopic (exact) mass is 274 g/mol. The normalized spacial score (nSPS) is 26.9. The van der Waals surface area contributed by atoms with Crippen LogP contribution in [-0.2, 0) is 11.8 Å². The molecule has 3 heterocycles. The van der Waals surface area contributed by atoms with Crippen molar-refractivity contribution in [2.75, 3.05) is 13.2 Å². The zero-order chi connectivity index (χ0) is 13.5. The van der Waals surface area contributed by atoms with Crippen LogP contribution in [0.25, 0.3) is 11.5 Å². The summed E-state index contributed by atoms with van der Waals surface area (Å²) in [6.07, 6.45) is 7.02. The highest BCUT2D eigenvalue weighted by atomic mass is 16.5. The van der Waals surface area contributed by atoms with Gasteiger partial charge in [-0.25, -0.2) is 4.98 Å². The molecule has 2 aromatic rings. The standard InChI is InChI=1S/C14H18N4O2/c1-18-8-15-7-12(18)13-16-14(20-17-13)11-6-10(11)9-2-4-19-5-3-9/h7-11H,2-6H2,1H3/t10-,11+/m0/s1. The Labute approximate surface area is 117 Å². The lowest BCUT2D eigenvalue weighted by Gasteiger charge is -2.21. The average Bonchev–Trinajstić information content (AvgIpc) is 2.92. The van der Waals surface area contributed by atoms with Crippen LogP contribution in [0.3, 0.4) is 0 Å². The molecule has 2 aromatic heterocycles. The third-order valence-corrected chi connectivity index (χ3v) is 4.52. The molecule has 0 unspecified atom stereocenters.